The van der Waals surface area contributed by atoms with Crippen LogP contribution in [0.4, 0.5) is 5.82 Å². The molecule has 178 valence electrons. The minimum Gasteiger partial charge on any atom is -0.355 e. The van der Waals surface area contributed by atoms with Crippen LogP contribution in [0.25, 0.3) is 0 Å². The molecule has 0 bridgehead atoms. The average Bonchev–Trinajstić information content (AvgIpc) is 3.07. The van der Waals surface area contributed by atoms with Crippen molar-refractivity contribution < 1.29 is 4.57 Å². The standard InChI is InChI=1S/C25H27Cl2N4OPS/c1-33(2,32)23-18(26)7-8-19(22(23)27)34-21-15-29-20(14-30-21)31-11-9-25(10-12-31)13-16-5-3-4-6-17(16)24(25)28/h3-8,14-15,24H,9-13,28H2,1-2H3/t24-/m1/s1. The minimum atomic E-state index is -2.62. The molecule has 5 rings (SSSR count). The van der Waals surface area contributed by atoms with Gasteiger partial charge in [0.2, 0.25) is 0 Å². The summed E-state index contributed by atoms with van der Waals surface area (Å²) in [6.45, 7) is 5.17. The summed E-state index contributed by atoms with van der Waals surface area (Å²) in [6, 6.07) is 12.3. The van der Waals surface area contributed by atoms with Gasteiger partial charge in [-0.15, -0.1) is 0 Å². The molecule has 34 heavy (non-hydrogen) atoms. The van der Waals surface area contributed by atoms with Gasteiger partial charge in [-0.3, -0.25) is 0 Å². The number of rotatable bonds is 4. The summed E-state index contributed by atoms with van der Waals surface area (Å²) in [4.78, 5) is 12.3. The van der Waals surface area contributed by atoms with Crippen LogP contribution in [0, 0.1) is 5.41 Å². The number of hydrogen-bond acceptors (Lipinski definition) is 6. The zero-order valence-electron chi connectivity index (χ0n) is 19.2. The van der Waals surface area contributed by atoms with E-state index in [1.54, 1.807) is 25.6 Å². The summed E-state index contributed by atoms with van der Waals surface area (Å²) in [5.41, 5.74) is 9.56. The number of nitrogens with zero attached hydrogens (tertiary/aromatic N) is 3. The van der Waals surface area contributed by atoms with E-state index >= 15 is 0 Å². The van der Waals surface area contributed by atoms with Gasteiger partial charge in [0.25, 0.3) is 0 Å². The van der Waals surface area contributed by atoms with Gasteiger partial charge in [-0.05, 0) is 61.3 Å². The van der Waals surface area contributed by atoms with Crippen molar-refractivity contribution >= 4 is 53.2 Å². The quantitative estimate of drug-likeness (QED) is 0.414. The number of aromatic nitrogens is 2. The van der Waals surface area contributed by atoms with Crippen molar-refractivity contribution in [1.82, 2.24) is 9.97 Å². The lowest BCUT2D eigenvalue weighted by molar-refractivity contribution is 0.187. The van der Waals surface area contributed by atoms with E-state index in [-0.39, 0.29) is 11.5 Å². The second kappa shape index (κ2) is 9.15. The van der Waals surface area contributed by atoms with E-state index in [1.165, 1.54) is 22.9 Å². The third kappa shape index (κ3) is 4.40. The molecular formula is C25H27Cl2N4OPS. The first kappa shape index (κ1) is 24.1. The Bertz CT molecular complexity index is 1270. The first-order chi connectivity index (χ1) is 16.2. The molecule has 2 aliphatic rings. The highest BCUT2D eigenvalue weighted by Crippen LogP contribution is 2.51. The Labute approximate surface area is 214 Å². The topological polar surface area (TPSA) is 72.1 Å². The molecule has 0 amide bonds. The van der Waals surface area contributed by atoms with Gasteiger partial charge in [0.05, 0.1) is 22.4 Å². The molecule has 2 heterocycles. The smallest absolute Gasteiger partial charge is 0.147 e. The van der Waals surface area contributed by atoms with E-state index in [9.17, 15) is 4.57 Å². The van der Waals surface area contributed by atoms with Gasteiger partial charge in [-0.25, -0.2) is 9.97 Å². The lowest BCUT2D eigenvalue weighted by atomic mass is 9.73. The molecule has 5 nitrogen and oxygen atoms in total. The molecule has 2 aromatic carbocycles. The van der Waals surface area contributed by atoms with Gasteiger partial charge in [0.1, 0.15) is 18.0 Å². The maximum absolute atomic E-state index is 12.6. The highest BCUT2D eigenvalue weighted by Gasteiger charge is 2.45. The predicted octanol–water partition coefficient (Wildman–Crippen LogP) is 6.03. The molecule has 1 saturated heterocycles. The number of anilines is 1. The zero-order chi connectivity index (χ0) is 24.1. The Balaban J connectivity index is 1.27. The summed E-state index contributed by atoms with van der Waals surface area (Å²) in [7, 11) is -2.62. The van der Waals surface area contributed by atoms with Crippen LogP contribution in [-0.2, 0) is 11.0 Å². The van der Waals surface area contributed by atoms with Crippen LogP contribution in [-0.4, -0.2) is 36.4 Å². The Morgan fingerprint density at radius 3 is 2.47 bits per heavy atom. The molecule has 0 saturated carbocycles. The fourth-order valence-electron chi connectivity index (χ4n) is 5.22. The van der Waals surface area contributed by atoms with E-state index in [1.807, 2.05) is 12.3 Å². The van der Waals surface area contributed by atoms with Crippen LogP contribution < -0.4 is 15.9 Å². The van der Waals surface area contributed by atoms with Gasteiger partial charge in [-0.2, -0.15) is 0 Å². The van der Waals surface area contributed by atoms with E-state index in [2.05, 4.69) is 39.1 Å². The molecule has 0 unspecified atom stereocenters. The first-order valence-corrected chi connectivity index (χ1v) is 15.5. The largest absolute Gasteiger partial charge is 0.355 e. The summed E-state index contributed by atoms with van der Waals surface area (Å²) in [6.07, 6.45) is 6.73. The summed E-state index contributed by atoms with van der Waals surface area (Å²) in [5.74, 6) is 0.873. The van der Waals surface area contributed by atoms with E-state index < -0.39 is 7.14 Å². The van der Waals surface area contributed by atoms with Crippen molar-refractivity contribution in [2.24, 2.45) is 11.1 Å². The number of fused-ring (bicyclic) bond motifs is 1. The predicted molar refractivity (Wildman–Crippen MR) is 143 cm³/mol. The highest BCUT2D eigenvalue weighted by molar-refractivity contribution is 7.99. The summed E-state index contributed by atoms with van der Waals surface area (Å²) in [5, 5.41) is 2.09. The summed E-state index contributed by atoms with van der Waals surface area (Å²) >= 11 is 14.2. The van der Waals surface area contributed by atoms with Crippen molar-refractivity contribution in [1.29, 1.82) is 0 Å². The molecule has 1 aliphatic heterocycles. The van der Waals surface area contributed by atoms with Crippen LogP contribution >= 0.6 is 42.1 Å². The number of benzene rings is 2. The van der Waals surface area contributed by atoms with Gasteiger partial charge in [0, 0.05) is 29.3 Å². The van der Waals surface area contributed by atoms with Gasteiger partial charge in [0.15, 0.2) is 0 Å². The van der Waals surface area contributed by atoms with Crippen LogP contribution in [0.5, 0.6) is 0 Å². The molecular weight excluding hydrogens is 506 g/mol. The van der Waals surface area contributed by atoms with Crippen molar-refractivity contribution in [2.45, 2.75) is 35.2 Å². The van der Waals surface area contributed by atoms with Gasteiger partial charge >= 0.3 is 0 Å². The second-order valence-electron chi connectivity index (χ2n) is 9.58. The molecule has 1 aliphatic carbocycles. The normalized spacial score (nSPS) is 19.4. The van der Waals surface area contributed by atoms with Gasteiger partial charge < -0.3 is 15.2 Å². The van der Waals surface area contributed by atoms with Gasteiger partial charge in [-0.1, -0.05) is 59.2 Å². The molecule has 2 N–H and O–H groups in total. The molecule has 0 radical (unpaired) electrons. The fourth-order valence-corrected chi connectivity index (χ4v) is 8.95. The fraction of sp³-hybridized carbons (Fsp3) is 0.360. The second-order valence-corrected chi connectivity index (χ2v) is 14.6. The Morgan fingerprint density at radius 2 is 1.82 bits per heavy atom. The van der Waals surface area contributed by atoms with Crippen LogP contribution in [0.1, 0.15) is 30.0 Å². The van der Waals surface area contributed by atoms with Crippen molar-refractivity contribution in [3.05, 3.63) is 70.0 Å². The molecule has 1 fully saturated rings. The van der Waals surface area contributed by atoms with E-state index in [0.29, 0.717) is 15.3 Å². The lowest BCUT2D eigenvalue weighted by Gasteiger charge is -2.42. The molecule has 1 spiro atoms. The maximum atomic E-state index is 12.6. The van der Waals surface area contributed by atoms with Crippen molar-refractivity contribution in [2.75, 3.05) is 31.3 Å². The number of halogens is 2. The van der Waals surface area contributed by atoms with Crippen molar-refractivity contribution in [3.8, 4) is 0 Å². The number of piperidine rings is 1. The SMILES string of the molecule is CP(C)(=O)c1c(Cl)ccc(Sc2cnc(N3CCC4(CC3)Cc3ccccc3[C@H]4N)cn2)c1Cl. The van der Waals surface area contributed by atoms with Crippen LogP contribution in [0.3, 0.4) is 0 Å². The molecule has 1 aromatic heterocycles. The monoisotopic (exact) mass is 532 g/mol. The average molecular weight is 533 g/mol. The lowest BCUT2D eigenvalue weighted by Crippen LogP contribution is -2.44. The van der Waals surface area contributed by atoms with Crippen LogP contribution in [0.2, 0.25) is 10.0 Å². The molecule has 3 aromatic rings. The first-order valence-electron chi connectivity index (χ1n) is 11.3. The van der Waals surface area contributed by atoms with E-state index in [4.69, 9.17) is 28.9 Å². The number of hydrogen-bond donors (Lipinski definition) is 1. The minimum absolute atomic E-state index is 0.103. The number of nitrogens with two attached hydrogens (primary N) is 1. The molecule has 1 atom stereocenters. The van der Waals surface area contributed by atoms with Crippen LogP contribution in [0.15, 0.2) is 58.7 Å². The van der Waals surface area contributed by atoms with E-state index in [0.717, 1.165) is 48.1 Å². The Kier molecular flexibility index (Phi) is 6.50. The zero-order valence-corrected chi connectivity index (χ0v) is 22.4. The third-order valence-corrected chi connectivity index (χ3v) is 10.7. The maximum Gasteiger partial charge on any atom is 0.147 e. The highest BCUT2D eigenvalue weighted by atomic mass is 35.5. The Hall–Kier alpha value is -1.56. The van der Waals surface area contributed by atoms with Crippen molar-refractivity contribution in [3.63, 3.8) is 0 Å². The molecule has 9 heteroatoms. The third-order valence-electron chi connectivity index (χ3n) is 7.07. The summed E-state index contributed by atoms with van der Waals surface area (Å²) < 4.78 is 12.6. The Morgan fingerprint density at radius 1 is 1.09 bits per heavy atom.